The molecule has 0 fully saturated rings. The second-order valence-corrected chi connectivity index (χ2v) is 3.42. The molecule has 0 aliphatic rings. The second-order valence-electron chi connectivity index (χ2n) is 3.42. The molecule has 0 rings (SSSR count). The molecule has 1 unspecified atom stereocenters. The number of allylic oxidation sites excluding steroid dienone is 4. The molecule has 0 aliphatic carbocycles. The lowest BCUT2D eigenvalue weighted by Crippen LogP contribution is -2.11. The molecule has 0 aromatic carbocycles. The fourth-order valence-corrected chi connectivity index (χ4v) is 1.39. The molecular formula is C12H21N. The highest BCUT2D eigenvalue weighted by atomic mass is 14.6. The van der Waals surface area contributed by atoms with Crippen LogP contribution in [-0.2, 0) is 0 Å². The van der Waals surface area contributed by atoms with Crippen molar-refractivity contribution in [2.24, 2.45) is 11.7 Å². The standard InChI is InChI=1S/C12H21N/c1-5-7-10(3)9-12(8-6-2)11(4)13/h5,7,12H,3-4,6,8-9,13H2,1-2H3/b7-5-. The third-order valence-corrected chi connectivity index (χ3v) is 2.07. The van der Waals surface area contributed by atoms with Gasteiger partial charge >= 0.3 is 0 Å². The summed E-state index contributed by atoms with van der Waals surface area (Å²) in [5.74, 6) is 0.397. The summed E-state index contributed by atoms with van der Waals surface area (Å²) in [4.78, 5) is 0. The van der Waals surface area contributed by atoms with E-state index in [1.165, 1.54) is 0 Å². The molecule has 0 aromatic rings. The third kappa shape index (κ3) is 5.29. The monoisotopic (exact) mass is 179 g/mol. The van der Waals surface area contributed by atoms with Crippen LogP contribution in [0.4, 0.5) is 0 Å². The van der Waals surface area contributed by atoms with Crippen molar-refractivity contribution in [3.8, 4) is 0 Å². The van der Waals surface area contributed by atoms with Gasteiger partial charge in [-0.15, -0.1) is 0 Å². The van der Waals surface area contributed by atoms with Crippen molar-refractivity contribution in [2.45, 2.75) is 33.1 Å². The molecule has 0 heterocycles. The van der Waals surface area contributed by atoms with Gasteiger partial charge in [-0.1, -0.05) is 44.2 Å². The molecule has 0 aliphatic heterocycles. The summed E-state index contributed by atoms with van der Waals surface area (Å²) >= 11 is 0. The van der Waals surface area contributed by atoms with Gasteiger partial charge in [-0.3, -0.25) is 0 Å². The zero-order chi connectivity index (χ0) is 10.3. The topological polar surface area (TPSA) is 26.0 Å². The minimum absolute atomic E-state index is 0.397. The number of hydrogen-bond acceptors (Lipinski definition) is 1. The lowest BCUT2D eigenvalue weighted by molar-refractivity contribution is 0.547. The summed E-state index contributed by atoms with van der Waals surface area (Å²) in [7, 11) is 0. The summed E-state index contributed by atoms with van der Waals surface area (Å²) in [6.45, 7) is 11.9. The van der Waals surface area contributed by atoms with Gasteiger partial charge in [0, 0.05) is 11.6 Å². The number of hydrogen-bond donors (Lipinski definition) is 1. The number of nitrogens with two attached hydrogens (primary N) is 1. The van der Waals surface area contributed by atoms with Crippen LogP contribution in [0.5, 0.6) is 0 Å². The molecule has 0 bridgehead atoms. The SMILES string of the molecule is C=C(/C=C\C)CC(CCC)C(=C)N. The second kappa shape index (κ2) is 6.53. The molecule has 0 aromatic heterocycles. The maximum atomic E-state index is 5.71. The van der Waals surface area contributed by atoms with Gasteiger partial charge in [0.1, 0.15) is 0 Å². The van der Waals surface area contributed by atoms with E-state index in [-0.39, 0.29) is 0 Å². The molecule has 2 N–H and O–H groups in total. The van der Waals surface area contributed by atoms with Crippen LogP contribution < -0.4 is 5.73 Å². The van der Waals surface area contributed by atoms with E-state index in [1.807, 2.05) is 19.1 Å². The lowest BCUT2D eigenvalue weighted by Gasteiger charge is -2.15. The lowest BCUT2D eigenvalue weighted by atomic mass is 9.93. The van der Waals surface area contributed by atoms with E-state index in [0.717, 1.165) is 30.5 Å². The van der Waals surface area contributed by atoms with Crippen LogP contribution in [0.1, 0.15) is 33.1 Å². The van der Waals surface area contributed by atoms with Crippen LogP contribution in [0.25, 0.3) is 0 Å². The van der Waals surface area contributed by atoms with Gasteiger partial charge in [0.05, 0.1) is 0 Å². The van der Waals surface area contributed by atoms with E-state index in [1.54, 1.807) is 0 Å². The Morgan fingerprint density at radius 3 is 2.46 bits per heavy atom. The normalized spacial score (nSPS) is 13.1. The first-order valence-corrected chi connectivity index (χ1v) is 4.86. The molecule has 0 amide bonds. The predicted octanol–water partition coefficient (Wildman–Crippen LogP) is 3.40. The Balaban J connectivity index is 4.09. The van der Waals surface area contributed by atoms with Crippen LogP contribution in [-0.4, -0.2) is 0 Å². The highest BCUT2D eigenvalue weighted by Gasteiger charge is 2.09. The fourth-order valence-electron chi connectivity index (χ4n) is 1.39. The van der Waals surface area contributed by atoms with Gasteiger partial charge < -0.3 is 5.73 Å². The zero-order valence-electron chi connectivity index (χ0n) is 8.84. The fraction of sp³-hybridized carbons (Fsp3) is 0.500. The molecule has 0 spiro atoms. The van der Waals surface area contributed by atoms with Gasteiger partial charge in [-0.25, -0.2) is 0 Å². The minimum Gasteiger partial charge on any atom is -0.402 e. The summed E-state index contributed by atoms with van der Waals surface area (Å²) in [6.07, 6.45) is 7.22. The third-order valence-electron chi connectivity index (χ3n) is 2.07. The zero-order valence-corrected chi connectivity index (χ0v) is 8.84. The van der Waals surface area contributed by atoms with Crippen molar-refractivity contribution in [1.82, 2.24) is 0 Å². The Bertz CT molecular complexity index is 201. The summed E-state index contributed by atoms with van der Waals surface area (Å²) in [5.41, 5.74) is 7.62. The Morgan fingerprint density at radius 1 is 1.46 bits per heavy atom. The molecule has 0 saturated heterocycles. The van der Waals surface area contributed by atoms with E-state index < -0.39 is 0 Å². The van der Waals surface area contributed by atoms with Gasteiger partial charge in [0.15, 0.2) is 0 Å². The van der Waals surface area contributed by atoms with Crippen molar-refractivity contribution < 1.29 is 0 Å². The van der Waals surface area contributed by atoms with Crippen molar-refractivity contribution in [2.75, 3.05) is 0 Å². The Hall–Kier alpha value is -0.980. The summed E-state index contributed by atoms with van der Waals surface area (Å²) < 4.78 is 0. The van der Waals surface area contributed by atoms with Gasteiger partial charge in [0.25, 0.3) is 0 Å². The molecule has 74 valence electrons. The van der Waals surface area contributed by atoms with Crippen LogP contribution in [0.2, 0.25) is 0 Å². The summed E-state index contributed by atoms with van der Waals surface area (Å²) in [5, 5.41) is 0. The first-order valence-electron chi connectivity index (χ1n) is 4.86. The maximum Gasteiger partial charge on any atom is 0.00423 e. The van der Waals surface area contributed by atoms with Gasteiger partial charge in [-0.2, -0.15) is 0 Å². The molecule has 0 saturated carbocycles. The van der Waals surface area contributed by atoms with E-state index >= 15 is 0 Å². The van der Waals surface area contributed by atoms with Gasteiger partial charge in [-0.05, 0) is 19.8 Å². The molecule has 1 heteroatoms. The minimum atomic E-state index is 0.397. The van der Waals surface area contributed by atoms with E-state index in [4.69, 9.17) is 5.73 Å². The van der Waals surface area contributed by atoms with E-state index in [9.17, 15) is 0 Å². The number of rotatable bonds is 6. The average molecular weight is 179 g/mol. The van der Waals surface area contributed by atoms with Crippen molar-refractivity contribution in [3.63, 3.8) is 0 Å². The predicted molar refractivity (Wildman–Crippen MR) is 60.3 cm³/mol. The Labute approximate surface area is 82.0 Å². The molecule has 0 radical (unpaired) electrons. The molecule has 1 atom stereocenters. The van der Waals surface area contributed by atoms with Crippen LogP contribution in [0.3, 0.4) is 0 Å². The van der Waals surface area contributed by atoms with Crippen LogP contribution >= 0.6 is 0 Å². The van der Waals surface area contributed by atoms with Gasteiger partial charge in [0.2, 0.25) is 0 Å². The highest BCUT2D eigenvalue weighted by Crippen LogP contribution is 2.20. The first kappa shape index (κ1) is 12.0. The summed E-state index contributed by atoms with van der Waals surface area (Å²) in [6, 6.07) is 0. The van der Waals surface area contributed by atoms with Crippen molar-refractivity contribution >= 4 is 0 Å². The van der Waals surface area contributed by atoms with Crippen LogP contribution in [0.15, 0.2) is 36.6 Å². The highest BCUT2D eigenvalue weighted by molar-refractivity contribution is 5.16. The van der Waals surface area contributed by atoms with Crippen LogP contribution in [0, 0.1) is 5.92 Å². The van der Waals surface area contributed by atoms with Crippen molar-refractivity contribution in [1.29, 1.82) is 0 Å². The maximum absolute atomic E-state index is 5.71. The average Bonchev–Trinajstić information content (AvgIpc) is 2.04. The first-order chi connectivity index (χ1) is 6.11. The smallest absolute Gasteiger partial charge is 0.00423 e. The Morgan fingerprint density at radius 2 is 2.08 bits per heavy atom. The van der Waals surface area contributed by atoms with E-state index in [0.29, 0.717) is 5.92 Å². The van der Waals surface area contributed by atoms with Crippen molar-refractivity contribution in [3.05, 3.63) is 36.6 Å². The largest absolute Gasteiger partial charge is 0.402 e. The quantitative estimate of drug-likeness (QED) is 0.621. The molecular weight excluding hydrogens is 158 g/mol. The Kier molecular flexibility index (Phi) is 6.03. The van der Waals surface area contributed by atoms with E-state index in [2.05, 4.69) is 20.1 Å². The molecule has 1 nitrogen and oxygen atoms in total. The molecule has 13 heavy (non-hydrogen) atoms.